The molecular formula is C18H16N4O2. The molecule has 24 heavy (non-hydrogen) atoms. The van der Waals surface area contributed by atoms with Crippen molar-refractivity contribution in [1.82, 2.24) is 0 Å². The van der Waals surface area contributed by atoms with Gasteiger partial charge >= 0.3 is 0 Å². The van der Waals surface area contributed by atoms with Crippen molar-refractivity contribution in [3.05, 3.63) is 76.2 Å². The summed E-state index contributed by atoms with van der Waals surface area (Å²) < 4.78 is 0. The van der Waals surface area contributed by atoms with Gasteiger partial charge in [0, 0.05) is 23.4 Å². The fourth-order valence-electron chi connectivity index (χ4n) is 3.11. The number of Topliss-reactive ketones (excluding diaryl/α,β-unsaturated/α-hetero) is 1. The maximum absolute atomic E-state index is 13.1. The second-order valence-corrected chi connectivity index (χ2v) is 5.61. The summed E-state index contributed by atoms with van der Waals surface area (Å²) in [6.45, 7) is 2.22. The highest BCUT2D eigenvalue weighted by molar-refractivity contribution is 6.28. The summed E-state index contributed by atoms with van der Waals surface area (Å²) in [7, 11) is 0. The van der Waals surface area contributed by atoms with Gasteiger partial charge in [-0.15, -0.1) is 0 Å². The highest BCUT2D eigenvalue weighted by atomic mass is 16.2. The molecule has 6 heteroatoms. The van der Waals surface area contributed by atoms with Gasteiger partial charge in [-0.25, -0.2) is 0 Å². The van der Waals surface area contributed by atoms with Crippen molar-refractivity contribution >= 4 is 17.4 Å². The normalized spacial score (nSPS) is 19.6. The van der Waals surface area contributed by atoms with E-state index in [1.807, 2.05) is 37.3 Å². The minimum absolute atomic E-state index is 0.0421. The second kappa shape index (κ2) is 6.18. The molecule has 6 nitrogen and oxygen atoms in total. The van der Waals surface area contributed by atoms with Crippen LogP contribution < -0.4 is 4.90 Å². The van der Waals surface area contributed by atoms with Gasteiger partial charge in [-0.05, 0) is 30.2 Å². The minimum atomic E-state index is -1.78. The van der Waals surface area contributed by atoms with Crippen LogP contribution in [0.5, 0.6) is 0 Å². The van der Waals surface area contributed by atoms with E-state index in [0.717, 1.165) is 5.56 Å². The zero-order chi connectivity index (χ0) is 17.2. The Bertz CT molecular complexity index is 843. The molecule has 0 N–H and O–H groups in total. The number of benzene rings is 2. The zero-order valence-electron chi connectivity index (χ0n) is 13.2. The molecule has 1 aliphatic rings. The predicted octanol–water partition coefficient (Wildman–Crippen LogP) is 3.53. The Kier molecular flexibility index (Phi) is 4.06. The molecular weight excluding hydrogens is 304 g/mol. The summed E-state index contributed by atoms with van der Waals surface area (Å²) in [6, 6.07) is 16.0. The number of azide groups is 1. The van der Waals surface area contributed by atoms with Crippen LogP contribution in [0, 0.1) is 0 Å². The van der Waals surface area contributed by atoms with Gasteiger partial charge in [-0.1, -0.05) is 47.6 Å². The van der Waals surface area contributed by atoms with E-state index in [9.17, 15) is 9.59 Å². The van der Waals surface area contributed by atoms with E-state index in [4.69, 9.17) is 5.53 Å². The van der Waals surface area contributed by atoms with E-state index < -0.39 is 17.2 Å². The first-order valence-electron chi connectivity index (χ1n) is 7.70. The fraction of sp³-hybridized carbons (Fsp3) is 0.222. The number of rotatable bonds is 4. The van der Waals surface area contributed by atoms with E-state index >= 15 is 0 Å². The number of fused-ring (bicyclic) bond motifs is 1. The van der Waals surface area contributed by atoms with Crippen LogP contribution >= 0.6 is 0 Å². The number of amides is 1. The highest BCUT2D eigenvalue weighted by Crippen LogP contribution is 2.36. The van der Waals surface area contributed by atoms with Crippen molar-refractivity contribution in [3.63, 3.8) is 0 Å². The van der Waals surface area contributed by atoms with E-state index in [2.05, 4.69) is 10.0 Å². The van der Waals surface area contributed by atoms with Gasteiger partial charge < -0.3 is 4.90 Å². The summed E-state index contributed by atoms with van der Waals surface area (Å²) in [5.41, 5.74) is 8.99. The summed E-state index contributed by atoms with van der Waals surface area (Å²) in [4.78, 5) is 30.5. The van der Waals surface area contributed by atoms with Crippen LogP contribution in [0.2, 0.25) is 0 Å². The van der Waals surface area contributed by atoms with Crippen LogP contribution in [0.1, 0.15) is 22.8 Å². The number of anilines is 1. The molecule has 2 aromatic rings. The Balaban J connectivity index is 2.20. The SMILES string of the molecule is CCN1C(=O)C(Cc2ccccc2)(N=[N+]=[N-])C(=O)c2ccccc21. The van der Waals surface area contributed by atoms with E-state index in [-0.39, 0.29) is 6.42 Å². The summed E-state index contributed by atoms with van der Waals surface area (Å²) in [6.07, 6.45) is 0.0421. The molecule has 1 amide bonds. The standard InChI is InChI=1S/C18H16N4O2/c1-2-22-15-11-7-6-10-14(15)16(23)18(17(22)24,20-21-19)12-13-8-4-3-5-9-13/h3-11H,2,12H2,1H3. The molecule has 0 fully saturated rings. The van der Waals surface area contributed by atoms with Gasteiger partial charge in [-0.3, -0.25) is 9.59 Å². The number of hydrogen-bond donors (Lipinski definition) is 0. The lowest BCUT2D eigenvalue weighted by Crippen LogP contribution is -2.58. The predicted molar refractivity (Wildman–Crippen MR) is 90.8 cm³/mol. The van der Waals surface area contributed by atoms with Crippen LogP contribution in [0.4, 0.5) is 5.69 Å². The molecule has 120 valence electrons. The van der Waals surface area contributed by atoms with Crippen LogP contribution in [0.15, 0.2) is 59.7 Å². The molecule has 1 unspecified atom stereocenters. The first-order chi connectivity index (χ1) is 11.6. The molecule has 1 atom stereocenters. The molecule has 3 rings (SSSR count). The summed E-state index contributed by atoms with van der Waals surface area (Å²) in [5, 5.41) is 3.71. The van der Waals surface area contributed by atoms with E-state index in [1.165, 1.54) is 4.90 Å². The average Bonchev–Trinajstić information content (AvgIpc) is 2.61. The first kappa shape index (κ1) is 15.8. The Hall–Kier alpha value is -3.11. The third kappa shape index (κ3) is 2.33. The Labute approximate surface area is 139 Å². The maximum atomic E-state index is 13.1. The first-order valence-corrected chi connectivity index (χ1v) is 7.70. The molecule has 1 heterocycles. The Morgan fingerprint density at radius 2 is 1.75 bits per heavy atom. The van der Waals surface area contributed by atoms with Gasteiger partial charge in [0.05, 0.1) is 5.69 Å². The molecule has 0 saturated carbocycles. The topological polar surface area (TPSA) is 86.1 Å². The lowest BCUT2D eigenvalue weighted by Gasteiger charge is -2.38. The third-order valence-electron chi connectivity index (χ3n) is 4.25. The highest BCUT2D eigenvalue weighted by Gasteiger charge is 2.52. The zero-order valence-corrected chi connectivity index (χ0v) is 13.2. The van der Waals surface area contributed by atoms with Crippen LogP contribution in [0.25, 0.3) is 10.4 Å². The van der Waals surface area contributed by atoms with Crippen LogP contribution in [-0.4, -0.2) is 23.8 Å². The second-order valence-electron chi connectivity index (χ2n) is 5.61. The van der Waals surface area contributed by atoms with Gasteiger partial charge in [0.2, 0.25) is 5.91 Å². The van der Waals surface area contributed by atoms with Crippen molar-refractivity contribution in [2.24, 2.45) is 5.11 Å². The van der Waals surface area contributed by atoms with Crippen molar-refractivity contribution in [2.75, 3.05) is 11.4 Å². The van der Waals surface area contributed by atoms with Gasteiger partial charge in [-0.2, -0.15) is 0 Å². The van der Waals surface area contributed by atoms with Gasteiger partial charge in [0.1, 0.15) is 0 Å². The van der Waals surface area contributed by atoms with Gasteiger partial charge in [0.25, 0.3) is 0 Å². The lowest BCUT2D eigenvalue weighted by atomic mass is 9.79. The summed E-state index contributed by atoms with van der Waals surface area (Å²) >= 11 is 0. The average molecular weight is 320 g/mol. The van der Waals surface area contributed by atoms with Gasteiger partial charge in [0.15, 0.2) is 11.3 Å². The molecule has 0 spiro atoms. The molecule has 0 radical (unpaired) electrons. The summed E-state index contributed by atoms with van der Waals surface area (Å²) in [5.74, 6) is -0.926. The molecule has 1 aliphatic heterocycles. The fourth-order valence-corrected chi connectivity index (χ4v) is 3.11. The Morgan fingerprint density at radius 3 is 2.42 bits per heavy atom. The van der Waals surface area contributed by atoms with Crippen LogP contribution in [-0.2, 0) is 11.2 Å². The number of hydrogen-bond acceptors (Lipinski definition) is 3. The quantitative estimate of drug-likeness (QED) is 0.373. The Morgan fingerprint density at radius 1 is 1.08 bits per heavy atom. The molecule has 0 bridgehead atoms. The lowest BCUT2D eigenvalue weighted by molar-refractivity contribution is -0.122. The number of likely N-dealkylation sites (N-methyl/N-ethyl adjacent to an activating group) is 1. The number of para-hydroxylation sites is 1. The maximum Gasteiger partial charge on any atom is 0.247 e. The van der Waals surface area contributed by atoms with Crippen LogP contribution in [0.3, 0.4) is 0 Å². The number of ketones is 1. The molecule has 0 aliphatic carbocycles. The van der Waals surface area contributed by atoms with Crippen molar-refractivity contribution in [2.45, 2.75) is 18.9 Å². The van der Waals surface area contributed by atoms with E-state index in [0.29, 0.717) is 17.8 Å². The molecule has 0 aromatic heterocycles. The molecule has 2 aromatic carbocycles. The third-order valence-corrected chi connectivity index (χ3v) is 4.25. The molecule has 0 saturated heterocycles. The number of carbonyl (C=O) groups is 2. The minimum Gasteiger partial charge on any atom is -0.311 e. The number of carbonyl (C=O) groups excluding carboxylic acids is 2. The monoisotopic (exact) mass is 320 g/mol. The van der Waals surface area contributed by atoms with E-state index in [1.54, 1.807) is 24.3 Å². The van der Waals surface area contributed by atoms with Crippen molar-refractivity contribution in [1.29, 1.82) is 0 Å². The largest absolute Gasteiger partial charge is 0.311 e. The number of nitrogens with zero attached hydrogens (tertiary/aromatic N) is 4. The van der Waals surface area contributed by atoms with Crippen molar-refractivity contribution in [3.8, 4) is 0 Å². The smallest absolute Gasteiger partial charge is 0.247 e. The van der Waals surface area contributed by atoms with Crippen molar-refractivity contribution < 1.29 is 9.59 Å².